The van der Waals surface area contributed by atoms with Crippen molar-refractivity contribution in [2.24, 2.45) is 0 Å². The lowest BCUT2D eigenvalue weighted by atomic mass is 10.1. The molecule has 36 heavy (non-hydrogen) atoms. The lowest BCUT2D eigenvalue weighted by Crippen LogP contribution is -2.20. The van der Waals surface area contributed by atoms with Gasteiger partial charge < -0.3 is 5.32 Å². The number of aryl methyl sites for hydroxylation is 1. The normalized spacial score (nSPS) is 11.2. The predicted molar refractivity (Wildman–Crippen MR) is 135 cm³/mol. The second-order valence-electron chi connectivity index (χ2n) is 8.48. The number of nitrogens with one attached hydrogen (secondary N) is 1. The highest BCUT2D eigenvalue weighted by atomic mass is 19.3. The molecule has 3 heterocycles. The van der Waals surface area contributed by atoms with E-state index >= 15 is 0 Å². The van der Waals surface area contributed by atoms with Crippen LogP contribution in [0.4, 0.5) is 14.5 Å². The highest BCUT2D eigenvalue weighted by molar-refractivity contribution is 5.92. The van der Waals surface area contributed by atoms with E-state index in [4.69, 9.17) is 0 Å². The fraction of sp³-hybridized carbons (Fsp3) is 0.143. The molecule has 2 aromatic carbocycles. The lowest BCUT2D eigenvalue weighted by Gasteiger charge is -2.10. The molecule has 0 radical (unpaired) electrons. The Balaban J connectivity index is 1.38. The van der Waals surface area contributed by atoms with Crippen LogP contribution >= 0.6 is 0 Å². The number of nitrogens with zero attached hydrogens (tertiary/aromatic N) is 4. The summed E-state index contributed by atoms with van der Waals surface area (Å²) in [6.07, 6.45) is 1.57. The zero-order chi connectivity index (χ0) is 25.1. The number of carbonyl (C=O) groups excluding carboxylic acids is 1. The van der Waals surface area contributed by atoms with Gasteiger partial charge >= 0.3 is 0 Å². The predicted octanol–water partition coefficient (Wildman–Crippen LogP) is 5.97. The molecule has 0 unspecified atom stereocenters. The number of rotatable bonds is 7. The minimum atomic E-state index is -2.70. The van der Waals surface area contributed by atoms with Crippen LogP contribution in [0, 0.1) is 6.92 Å². The number of hydrogen-bond donors (Lipinski definition) is 1. The van der Waals surface area contributed by atoms with Crippen LogP contribution in [-0.4, -0.2) is 25.7 Å². The van der Waals surface area contributed by atoms with Gasteiger partial charge in [-0.25, -0.2) is 18.4 Å². The minimum Gasteiger partial charge on any atom is -0.324 e. The number of amides is 1. The Morgan fingerprint density at radius 1 is 0.972 bits per heavy atom. The van der Waals surface area contributed by atoms with Crippen molar-refractivity contribution < 1.29 is 13.6 Å². The van der Waals surface area contributed by atoms with Crippen LogP contribution in [0.1, 0.15) is 28.8 Å². The first kappa shape index (κ1) is 23.3. The van der Waals surface area contributed by atoms with Gasteiger partial charge in [-0.1, -0.05) is 42.5 Å². The number of pyridine rings is 2. The molecule has 0 aliphatic rings. The number of alkyl halides is 2. The molecule has 0 fully saturated rings. The zero-order valence-corrected chi connectivity index (χ0v) is 19.5. The highest BCUT2D eigenvalue weighted by Gasteiger charge is 2.22. The Morgan fingerprint density at radius 3 is 2.36 bits per heavy atom. The van der Waals surface area contributed by atoms with Crippen molar-refractivity contribution in [2.75, 3.05) is 5.32 Å². The van der Waals surface area contributed by atoms with Gasteiger partial charge in [0, 0.05) is 29.2 Å². The van der Waals surface area contributed by atoms with Crippen molar-refractivity contribution >= 4 is 22.6 Å². The molecule has 3 aromatic heterocycles. The summed E-state index contributed by atoms with van der Waals surface area (Å²) in [6.45, 7) is 1.49. The molecule has 0 atom stereocenters. The van der Waals surface area contributed by atoms with Gasteiger partial charge in [-0.15, -0.1) is 0 Å². The quantitative estimate of drug-likeness (QED) is 0.310. The van der Waals surface area contributed by atoms with Gasteiger partial charge in [0.15, 0.2) is 5.65 Å². The lowest BCUT2D eigenvalue weighted by molar-refractivity contribution is -0.116. The van der Waals surface area contributed by atoms with Crippen molar-refractivity contribution in [3.63, 3.8) is 0 Å². The second kappa shape index (κ2) is 10.0. The van der Waals surface area contributed by atoms with E-state index in [2.05, 4.69) is 20.4 Å². The van der Waals surface area contributed by atoms with E-state index in [9.17, 15) is 13.6 Å². The van der Waals surface area contributed by atoms with Gasteiger partial charge in [0.1, 0.15) is 6.54 Å². The number of carbonyl (C=O) groups is 1. The van der Waals surface area contributed by atoms with E-state index < -0.39 is 6.43 Å². The van der Waals surface area contributed by atoms with Crippen LogP contribution in [0.2, 0.25) is 0 Å². The number of hydrogen-bond acceptors (Lipinski definition) is 4. The van der Waals surface area contributed by atoms with Crippen molar-refractivity contribution in [3.05, 3.63) is 108 Å². The summed E-state index contributed by atoms with van der Waals surface area (Å²) in [7, 11) is 0. The summed E-state index contributed by atoms with van der Waals surface area (Å²) < 4.78 is 29.3. The van der Waals surface area contributed by atoms with Crippen molar-refractivity contribution in [3.8, 4) is 11.3 Å². The van der Waals surface area contributed by atoms with Crippen molar-refractivity contribution in [2.45, 2.75) is 26.3 Å². The maximum atomic E-state index is 14.0. The monoisotopic (exact) mass is 483 g/mol. The Bertz CT molecular complexity index is 1500. The Kier molecular flexibility index (Phi) is 6.49. The molecule has 0 bridgehead atoms. The average molecular weight is 484 g/mol. The summed E-state index contributed by atoms with van der Waals surface area (Å²) in [5.74, 6) is -0.327. The number of aromatic nitrogens is 4. The maximum absolute atomic E-state index is 14.0. The third-order valence-electron chi connectivity index (χ3n) is 5.90. The number of anilines is 1. The first-order valence-corrected chi connectivity index (χ1v) is 11.5. The van der Waals surface area contributed by atoms with Crippen molar-refractivity contribution in [1.29, 1.82) is 0 Å². The molecular formula is C28H23F2N5O. The molecular weight excluding hydrogens is 460 g/mol. The molecule has 8 heteroatoms. The van der Waals surface area contributed by atoms with Gasteiger partial charge in [-0.05, 0) is 54.8 Å². The summed E-state index contributed by atoms with van der Waals surface area (Å²) in [5, 5.41) is 7.49. The third kappa shape index (κ3) is 4.98. The molecule has 1 N–H and O–H groups in total. The van der Waals surface area contributed by atoms with Crippen LogP contribution in [0.15, 0.2) is 85.2 Å². The third-order valence-corrected chi connectivity index (χ3v) is 5.90. The maximum Gasteiger partial charge on any atom is 0.264 e. The van der Waals surface area contributed by atoms with Gasteiger partial charge in [0.05, 0.1) is 16.8 Å². The minimum absolute atomic E-state index is 0.146. The number of fused-ring (bicyclic) bond motifs is 1. The van der Waals surface area contributed by atoms with Gasteiger partial charge in [-0.2, -0.15) is 5.10 Å². The first-order valence-electron chi connectivity index (χ1n) is 11.5. The first-order chi connectivity index (χ1) is 17.5. The van der Waals surface area contributed by atoms with Gasteiger partial charge in [-0.3, -0.25) is 9.78 Å². The standard InChI is InChI=1S/C28H23F2N5O/c1-18-26-23(27(29)30)16-24(21-5-3-2-4-6-21)33-28(26)35(34-18)17-25(36)32-22-9-7-19(8-10-22)15-20-11-13-31-14-12-20/h2-14,16,27H,15,17H2,1H3,(H,32,36). The molecule has 6 nitrogen and oxygen atoms in total. The van der Waals surface area contributed by atoms with Crippen LogP contribution in [-0.2, 0) is 17.8 Å². The molecule has 0 aliphatic heterocycles. The highest BCUT2D eigenvalue weighted by Crippen LogP contribution is 2.33. The van der Waals surface area contributed by atoms with E-state index in [0.717, 1.165) is 17.5 Å². The van der Waals surface area contributed by atoms with E-state index in [-0.39, 0.29) is 29.0 Å². The summed E-state index contributed by atoms with van der Waals surface area (Å²) in [5.41, 5.74) is 4.52. The van der Waals surface area contributed by atoms with E-state index in [1.54, 1.807) is 19.3 Å². The van der Waals surface area contributed by atoms with Crippen LogP contribution < -0.4 is 5.32 Å². The van der Waals surface area contributed by atoms with E-state index in [1.165, 1.54) is 10.7 Å². The Morgan fingerprint density at radius 2 is 1.67 bits per heavy atom. The Labute approximate surface area is 206 Å². The molecule has 0 aliphatic carbocycles. The summed E-state index contributed by atoms with van der Waals surface area (Å²) in [4.78, 5) is 21.5. The molecule has 0 saturated heterocycles. The Hall–Kier alpha value is -4.46. The fourth-order valence-corrected chi connectivity index (χ4v) is 4.20. The second-order valence-corrected chi connectivity index (χ2v) is 8.48. The van der Waals surface area contributed by atoms with Crippen LogP contribution in [0.25, 0.3) is 22.3 Å². The van der Waals surface area contributed by atoms with Gasteiger partial charge in [0.25, 0.3) is 6.43 Å². The smallest absolute Gasteiger partial charge is 0.264 e. The zero-order valence-electron chi connectivity index (χ0n) is 19.5. The molecule has 5 aromatic rings. The summed E-state index contributed by atoms with van der Waals surface area (Å²) in [6, 6.07) is 22.0. The number of benzene rings is 2. The average Bonchev–Trinajstić information content (AvgIpc) is 3.20. The van der Waals surface area contributed by atoms with Crippen molar-refractivity contribution in [1.82, 2.24) is 19.7 Å². The largest absolute Gasteiger partial charge is 0.324 e. The van der Waals surface area contributed by atoms with E-state index in [0.29, 0.717) is 22.6 Å². The van der Waals surface area contributed by atoms with Crippen LogP contribution in [0.3, 0.4) is 0 Å². The molecule has 5 rings (SSSR count). The van der Waals surface area contributed by atoms with Crippen LogP contribution in [0.5, 0.6) is 0 Å². The summed E-state index contributed by atoms with van der Waals surface area (Å²) >= 11 is 0. The molecule has 0 spiro atoms. The molecule has 180 valence electrons. The molecule has 1 amide bonds. The van der Waals surface area contributed by atoms with Gasteiger partial charge in [0.2, 0.25) is 5.91 Å². The molecule has 0 saturated carbocycles. The fourth-order valence-electron chi connectivity index (χ4n) is 4.20. The number of halogens is 2. The SMILES string of the molecule is Cc1nn(CC(=O)Nc2ccc(Cc3ccncc3)cc2)c2nc(-c3ccccc3)cc(C(F)F)c12. The topological polar surface area (TPSA) is 72.7 Å². The van der Waals surface area contributed by atoms with E-state index in [1.807, 2.05) is 66.7 Å².